The normalized spacial score (nSPS) is 26.2. The summed E-state index contributed by atoms with van der Waals surface area (Å²) < 4.78 is 0. The Bertz CT molecular complexity index is 140. The highest BCUT2D eigenvalue weighted by Gasteiger charge is 2.05. The number of aliphatic imine (C=N–C) groups is 1. The molecule has 0 radical (unpaired) electrons. The molecule has 0 aromatic rings. The van der Waals surface area contributed by atoms with E-state index in [0.29, 0.717) is 5.17 Å². The molecule has 2 N–H and O–H groups in total. The van der Waals surface area contributed by atoms with E-state index in [1.54, 1.807) is 0 Å². The number of thioether (sulfide) groups is 1. The van der Waals surface area contributed by atoms with Gasteiger partial charge in [0.25, 0.3) is 0 Å². The molecule has 1 aliphatic rings. The third-order valence-electron chi connectivity index (χ3n) is 0.687. The molecule has 5 heteroatoms. The number of rotatable bonds is 0. The molecule has 1 rings (SSSR count). The summed E-state index contributed by atoms with van der Waals surface area (Å²) in [6, 6.07) is 0. The van der Waals surface area contributed by atoms with Crippen molar-refractivity contribution in [2.45, 2.75) is 6.29 Å². The van der Waals surface area contributed by atoms with Crippen molar-refractivity contribution in [3.63, 3.8) is 0 Å². The van der Waals surface area contributed by atoms with Gasteiger partial charge < -0.3 is 0 Å². The topological polar surface area (TPSA) is 63.1 Å². The zero-order chi connectivity index (χ0) is 5.98. The van der Waals surface area contributed by atoms with Gasteiger partial charge in [-0.05, 0) is 6.26 Å². The molecule has 1 aliphatic heterocycles. The van der Waals surface area contributed by atoms with Gasteiger partial charge in [0.1, 0.15) is 0 Å². The molecule has 0 aromatic carbocycles. The first-order chi connectivity index (χ1) is 3.83. The zero-order valence-electron chi connectivity index (χ0n) is 4.40. The van der Waals surface area contributed by atoms with E-state index >= 15 is 0 Å². The highest BCUT2D eigenvalue weighted by molar-refractivity contribution is 8.13. The average molecular weight is 130 g/mol. The summed E-state index contributed by atoms with van der Waals surface area (Å²) in [4.78, 5) is 3.83. The van der Waals surface area contributed by atoms with E-state index in [2.05, 4.69) is 15.2 Å². The lowest BCUT2D eigenvalue weighted by Gasteiger charge is -1.84. The third kappa shape index (κ3) is 1.05. The van der Waals surface area contributed by atoms with Gasteiger partial charge in [0.05, 0.1) is 0 Å². The highest BCUT2D eigenvalue weighted by atomic mass is 32.2. The molecule has 0 aromatic heterocycles. The van der Waals surface area contributed by atoms with E-state index in [9.17, 15) is 0 Å². The molecule has 1 unspecified atom stereocenters. The Morgan fingerprint density at radius 3 is 2.75 bits per heavy atom. The summed E-state index contributed by atoms with van der Waals surface area (Å²) in [7, 11) is 0. The van der Waals surface area contributed by atoms with Gasteiger partial charge in [-0.1, -0.05) is 11.8 Å². The number of hydrogen-bond acceptors (Lipinski definition) is 5. The van der Waals surface area contributed by atoms with Crippen LogP contribution in [0.2, 0.25) is 0 Å². The first kappa shape index (κ1) is 5.71. The molecule has 0 bridgehead atoms. The molecule has 1 atom stereocenters. The van der Waals surface area contributed by atoms with E-state index < -0.39 is 6.29 Å². The van der Waals surface area contributed by atoms with Crippen LogP contribution >= 0.6 is 11.8 Å². The molecular formula is C3H6N4S. The van der Waals surface area contributed by atoms with Gasteiger partial charge in [0.15, 0.2) is 0 Å². The largest absolute Gasteiger partial charge is 0.290 e. The predicted octanol–water partition coefficient (Wildman–Crippen LogP) is 0.414. The van der Waals surface area contributed by atoms with Crippen LogP contribution in [0.25, 0.3) is 0 Å². The Morgan fingerprint density at radius 1 is 1.75 bits per heavy atom. The van der Waals surface area contributed by atoms with Crippen LogP contribution < -0.4 is 5.73 Å². The summed E-state index contributed by atoms with van der Waals surface area (Å²) >= 11 is 1.45. The van der Waals surface area contributed by atoms with Crippen molar-refractivity contribution in [3.05, 3.63) is 0 Å². The lowest BCUT2D eigenvalue weighted by atomic mass is 11.0. The Balaban J connectivity index is 2.58. The summed E-state index contributed by atoms with van der Waals surface area (Å²) in [5, 5.41) is 7.88. The SMILES string of the molecule is CSC1=NC(N)N=N1. The number of nitrogens with two attached hydrogens (primary N) is 1. The predicted molar refractivity (Wildman–Crippen MR) is 33.8 cm³/mol. The van der Waals surface area contributed by atoms with Crippen molar-refractivity contribution in [2.75, 3.05) is 6.26 Å². The van der Waals surface area contributed by atoms with Crippen molar-refractivity contribution < 1.29 is 0 Å². The molecule has 0 fully saturated rings. The fraction of sp³-hybridized carbons (Fsp3) is 0.667. The van der Waals surface area contributed by atoms with Gasteiger partial charge >= 0.3 is 0 Å². The van der Waals surface area contributed by atoms with Gasteiger partial charge in [0.2, 0.25) is 11.5 Å². The van der Waals surface area contributed by atoms with E-state index in [1.807, 2.05) is 6.26 Å². The van der Waals surface area contributed by atoms with E-state index in [0.717, 1.165) is 0 Å². The van der Waals surface area contributed by atoms with Crippen LogP contribution in [0.5, 0.6) is 0 Å². The van der Waals surface area contributed by atoms with Gasteiger partial charge in [-0.2, -0.15) is 0 Å². The molecular weight excluding hydrogens is 124 g/mol. The summed E-state index contributed by atoms with van der Waals surface area (Å²) in [5.74, 6) is 0. The minimum absolute atomic E-state index is 0.447. The number of amidine groups is 1. The lowest BCUT2D eigenvalue weighted by molar-refractivity contribution is 0.749. The maximum absolute atomic E-state index is 5.24. The molecule has 1 heterocycles. The first-order valence-corrected chi connectivity index (χ1v) is 3.33. The van der Waals surface area contributed by atoms with Crippen LogP contribution in [-0.2, 0) is 0 Å². The molecule has 0 amide bonds. The van der Waals surface area contributed by atoms with Crippen molar-refractivity contribution >= 4 is 16.9 Å². The Morgan fingerprint density at radius 2 is 2.50 bits per heavy atom. The minimum Gasteiger partial charge on any atom is -0.290 e. The molecule has 0 aliphatic carbocycles. The average Bonchev–Trinajstić information content (AvgIpc) is 2.14. The molecule has 0 saturated heterocycles. The third-order valence-corrected chi connectivity index (χ3v) is 1.24. The van der Waals surface area contributed by atoms with Crippen LogP contribution in [-0.4, -0.2) is 17.7 Å². The lowest BCUT2D eigenvalue weighted by Crippen LogP contribution is -2.10. The van der Waals surface area contributed by atoms with Crippen LogP contribution in [0.1, 0.15) is 0 Å². The summed E-state index contributed by atoms with van der Waals surface area (Å²) in [5.41, 5.74) is 5.24. The summed E-state index contributed by atoms with van der Waals surface area (Å²) in [6.45, 7) is 0. The van der Waals surface area contributed by atoms with Crippen molar-refractivity contribution in [2.24, 2.45) is 21.0 Å². The standard InChI is InChI=1S/C3H6N4S/c1-8-3-5-2(4)6-7-3/h2H,4H2,1H3. The van der Waals surface area contributed by atoms with Gasteiger partial charge in [-0.25, -0.2) is 4.99 Å². The maximum atomic E-state index is 5.24. The molecule has 0 spiro atoms. The van der Waals surface area contributed by atoms with E-state index in [1.165, 1.54) is 11.8 Å². The Hall–Kier alpha value is -0.420. The first-order valence-electron chi connectivity index (χ1n) is 2.11. The zero-order valence-corrected chi connectivity index (χ0v) is 5.22. The number of azo groups is 1. The highest BCUT2D eigenvalue weighted by Crippen LogP contribution is 2.08. The Labute approximate surface area is 51.3 Å². The van der Waals surface area contributed by atoms with Crippen LogP contribution in [0, 0.1) is 0 Å². The second kappa shape index (κ2) is 2.23. The second-order valence-corrected chi connectivity index (χ2v) is 2.02. The van der Waals surface area contributed by atoms with Crippen LogP contribution in [0.3, 0.4) is 0 Å². The Kier molecular flexibility index (Phi) is 1.59. The van der Waals surface area contributed by atoms with Crippen LogP contribution in [0.15, 0.2) is 15.2 Å². The van der Waals surface area contributed by atoms with Gasteiger partial charge in [0, 0.05) is 0 Å². The van der Waals surface area contributed by atoms with Crippen molar-refractivity contribution in [1.29, 1.82) is 0 Å². The number of hydrogen-bond donors (Lipinski definition) is 1. The van der Waals surface area contributed by atoms with Crippen molar-refractivity contribution in [3.8, 4) is 0 Å². The second-order valence-electron chi connectivity index (χ2n) is 1.24. The fourth-order valence-electron chi connectivity index (χ4n) is 0.367. The van der Waals surface area contributed by atoms with Gasteiger partial charge in [-0.3, -0.25) is 5.73 Å². The number of nitrogens with zero attached hydrogens (tertiary/aromatic N) is 3. The molecule has 4 nitrogen and oxygen atoms in total. The van der Waals surface area contributed by atoms with Crippen molar-refractivity contribution in [1.82, 2.24) is 0 Å². The minimum atomic E-state index is -0.447. The fourth-order valence-corrected chi connectivity index (χ4v) is 0.709. The van der Waals surface area contributed by atoms with E-state index in [-0.39, 0.29) is 0 Å². The molecule has 0 saturated carbocycles. The monoisotopic (exact) mass is 130 g/mol. The van der Waals surface area contributed by atoms with Crippen LogP contribution in [0.4, 0.5) is 0 Å². The quantitative estimate of drug-likeness (QED) is 0.516. The van der Waals surface area contributed by atoms with E-state index in [4.69, 9.17) is 5.73 Å². The molecule has 8 heavy (non-hydrogen) atoms. The molecule has 44 valence electrons. The van der Waals surface area contributed by atoms with Gasteiger partial charge in [-0.15, -0.1) is 10.2 Å². The summed E-state index contributed by atoms with van der Waals surface area (Å²) in [6.07, 6.45) is 1.44. The maximum Gasteiger partial charge on any atom is 0.214 e. The smallest absolute Gasteiger partial charge is 0.214 e.